The number of phenols is 1. The maximum atomic E-state index is 9.94. The maximum absolute atomic E-state index is 9.94. The minimum absolute atomic E-state index is 0.306. The second-order valence-corrected chi connectivity index (χ2v) is 5.49. The molecule has 2 N–H and O–H groups in total. The number of hydrogen-bond acceptors (Lipinski definition) is 4. The summed E-state index contributed by atoms with van der Waals surface area (Å²) in [5.74, 6) is 1.07. The molecule has 1 fully saturated rings. The summed E-state index contributed by atoms with van der Waals surface area (Å²) in [6.07, 6.45) is 9.25. The van der Waals surface area contributed by atoms with Gasteiger partial charge in [0.25, 0.3) is 0 Å². The quantitative estimate of drug-likeness (QED) is 0.887. The molecule has 0 radical (unpaired) electrons. The van der Waals surface area contributed by atoms with E-state index in [0.717, 1.165) is 24.2 Å². The van der Waals surface area contributed by atoms with Crippen LogP contribution in [0.1, 0.15) is 30.9 Å². The molecule has 112 valence electrons. The van der Waals surface area contributed by atoms with Crippen LogP contribution in [0.3, 0.4) is 0 Å². The number of nitrogens with one attached hydrogen (secondary N) is 1. The highest BCUT2D eigenvalue weighted by atomic mass is 16.5. The Labute approximate surface area is 124 Å². The summed E-state index contributed by atoms with van der Waals surface area (Å²) in [5.41, 5.74) is 0.866. The van der Waals surface area contributed by atoms with Crippen molar-refractivity contribution < 1.29 is 9.84 Å². The van der Waals surface area contributed by atoms with E-state index in [1.54, 1.807) is 19.2 Å². The third-order valence-electron chi connectivity index (χ3n) is 4.23. The van der Waals surface area contributed by atoms with Crippen LogP contribution in [-0.4, -0.2) is 27.8 Å². The van der Waals surface area contributed by atoms with Gasteiger partial charge in [0, 0.05) is 36.6 Å². The summed E-state index contributed by atoms with van der Waals surface area (Å²) < 4.78 is 7.39. The number of aromatic hydroxyl groups is 1. The number of methoxy groups -OCH3 is 1. The molecule has 1 aromatic carbocycles. The second-order valence-electron chi connectivity index (χ2n) is 5.49. The lowest BCUT2D eigenvalue weighted by Crippen LogP contribution is -2.33. The van der Waals surface area contributed by atoms with Crippen LogP contribution >= 0.6 is 0 Å². The zero-order valence-corrected chi connectivity index (χ0v) is 12.2. The summed E-state index contributed by atoms with van der Waals surface area (Å²) in [6, 6.07) is 6.18. The van der Waals surface area contributed by atoms with Gasteiger partial charge in [-0.25, -0.2) is 4.98 Å². The molecule has 1 aliphatic carbocycles. The Hall–Kier alpha value is -2.01. The molecule has 1 aliphatic rings. The van der Waals surface area contributed by atoms with Gasteiger partial charge >= 0.3 is 0 Å². The van der Waals surface area contributed by atoms with Crippen molar-refractivity contribution in [3.63, 3.8) is 0 Å². The molecule has 0 saturated heterocycles. The molecule has 1 saturated carbocycles. The first-order valence-corrected chi connectivity index (χ1v) is 7.34. The number of rotatable bonds is 5. The molecule has 0 spiro atoms. The van der Waals surface area contributed by atoms with Gasteiger partial charge in [-0.1, -0.05) is 0 Å². The number of imidazole rings is 1. The van der Waals surface area contributed by atoms with Crippen molar-refractivity contribution >= 4 is 0 Å². The van der Waals surface area contributed by atoms with Crippen LogP contribution in [-0.2, 0) is 6.54 Å². The molecule has 1 heterocycles. The van der Waals surface area contributed by atoms with Gasteiger partial charge < -0.3 is 19.7 Å². The van der Waals surface area contributed by atoms with E-state index in [1.165, 1.54) is 6.42 Å². The summed E-state index contributed by atoms with van der Waals surface area (Å²) >= 11 is 0. The number of aromatic nitrogens is 2. The van der Waals surface area contributed by atoms with E-state index in [-0.39, 0.29) is 0 Å². The summed E-state index contributed by atoms with van der Waals surface area (Å²) in [7, 11) is 1.63. The van der Waals surface area contributed by atoms with Crippen LogP contribution in [0.4, 0.5) is 0 Å². The van der Waals surface area contributed by atoms with Crippen LogP contribution in [0, 0.1) is 0 Å². The van der Waals surface area contributed by atoms with Crippen LogP contribution in [0.15, 0.2) is 36.9 Å². The normalized spacial score (nSPS) is 21.6. The first-order chi connectivity index (χ1) is 10.3. The van der Waals surface area contributed by atoms with Crippen molar-refractivity contribution in [2.24, 2.45) is 0 Å². The molecule has 2 unspecified atom stereocenters. The molecule has 3 rings (SSSR count). The monoisotopic (exact) mass is 287 g/mol. The summed E-state index contributed by atoms with van der Waals surface area (Å²) in [5, 5.41) is 13.5. The summed E-state index contributed by atoms with van der Waals surface area (Å²) in [4.78, 5) is 4.13. The number of benzene rings is 1. The highest BCUT2D eigenvalue weighted by Gasteiger charge is 2.27. The molecule has 5 heteroatoms. The van der Waals surface area contributed by atoms with Gasteiger partial charge in [-0.2, -0.15) is 0 Å². The number of nitrogens with zero attached hydrogens (tertiary/aromatic N) is 2. The van der Waals surface area contributed by atoms with E-state index >= 15 is 0 Å². The Balaban J connectivity index is 1.67. The van der Waals surface area contributed by atoms with Gasteiger partial charge in [0.05, 0.1) is 13.4 Å². The Morgan fingerprint density at radius 1 is 1.43 bits per heavy atom. The molecule has 0 aliphatic heterocycles. The van der Waals surface area contributed by atoms with Gasteiger partial charge in [-0.3, -0.25) is 0 Å². The average Bonchev–Trinajstić information content (AvgIpc) is 3.17. The first kappa shape index (κ1) is 13.9. The van der Waals surface area contributed by atoms with Crippen molar-refractivity contribution in [1.29, 1.82) is 0 Å². The molecular formula is C16H21N3O2. The predicted octanol–water partition coefficient (Wildman–Crippen LogP) is 2.48. The van der Waals surface area contributed by atoms with E-state index in [0.29, 0.717) is 24.4 Å². The molecule has 0 bridgehead atoms. The Kier molecular flexibility index (Phi) is 4.10. The van der Waals surface area contributed by atoms with Crippen LogP contribution in [0.5, 0.6) is 11.5 Å². The van der Waals surface area contributed by atoms with Crippen molar-refractivity contribution in [3.05, 3.63) is 42.5 Å². The smallest absolute Gasteiger partial charge is 0.120 e. The average molecular weight is 287 g/mol. The zero-order valence-electron chi connectivity index (χ0n) is 12.2. The van der Waals surface area contributed by atoms with Gasteiger partial charge in [-0.15, -0.1) is 0 Å². The minimum Gasteiger partial charge on any atom is -0.508 e. The van der Waals surface area contributed by atoms with Gasteiger partial charge in [0.15, 0.2) is 0 Å². The minimum atomic E-state index is 0.306. The standard InChI is InChI=1S/C16H21N3O2/c1-21-13-5-6-16(20)12(9-13)10-18-14-3-2-4-15(14)19-8-7-17-11-19/h5-9,11,14-15,18,20H,2-4,10H2,1H3. The third kappa shape index (κ3) is 3.03. The van der Waals surface area contributed by atoms with Crippen LogP contribution in [0.25, 0.3) is 0 Å². The topological polar surface area (TPSA) is 59.3 Å². The summed E-state index contributed by atoms with van der Waals surface area (Å²) in [6.45, 7) is 0.638. The highest BCUT2D eigenvalue weighted by molar-refractivity contribution is 5.39. The van der Waals surface area contributed by atoms with E-state index < -0.39 is 0 Å². The van der Waals surface area contributed by atoms with Crippen molar-refractivity contribution in [2.45, 2.75) is 37.9 Å². The van der Waals surface area contributed by atoms with E-state index in [1.807, 2.05) is 24.8 Å². The lowest BCUT2D eigenvalue weighted by atomic mass is 10.1. The fourth-order valence-electron chi connectivity index (χ4n) is 3.07. The van der Waals surface area contributed by atoms with Gasteiger partial charge in [-0.05, 0) is 37.5 Å². The van der Waals surface area contributed by atoms with Crippen LogP contribution < -0.4 is 10.1 Å². The lowest BCUT2D eigenvalue weighted by Gasteiger charge is -2.22. The Bertz CT molecular complexity index is 583. The van der Waals surface area contributed by atoms with Crippen molar-refractivity contribution in [3.8, 4) is 11.5 Å². The predicted molar refractivity (Wildman–Crippen MR) is 80.4 cm³/mol. The molecular weight excluding hydrogens is 266 g/mol. The molecule has 2 atom stereocenters. The maximum Gasteiger partial charge on any atom is 0.120 e. The Morgan fingerprint density at radius 2 is 2.33 bits per heavy atom. The first-order valence-electron chi connectivity index (χ1n) is 7.34. The number of ether oxygens (including phenoxy) is 1. The number of hydrogen-bond donors (Lipinski definition) is 2. The largest absolute Gasteiger partial charge is 0.508 e. The fourth-order valence-corrected chi connectivity index (χ4v) is 3.07. The Morgan fingerprint density at radius 3 is 3.10 bits per heavy atom. The molecule has 5 nitrogen and oxygen atoms in total. The molecule has 1 aromatic heterocycles. The van der Waals surface area contributed by atoms with Crippen LogP contribution in [0.2, 0.25) is 0 Å². The third-order valence-corrected chi connectivity index (χ3v) is 4.23. The molecule has 2 aromatic rings. The lowest BCUT2D eigenvalue weighted by molar-refractivity contribution is 0.383. The van der Waals surface area contributed by atoms with E-state index in [4.69, 9.17) is 4.74 Å². The number of phenolic OH excluding ortho intramolecular Hbond substituents is 1. The van der Waals surface area contributed by atoms with Gasteiger partial charge in [0.1, 0.15) is 11.5 Å². The van der Waals surface area contributed by atoms with Crippen molar-refractivity contribution in [2.75, 3.05) is 7.11 Å². The highest BCUT2D eigenvalue weighted by Crippen LogP contribution is 2.31. The van der Waals surface area contributed by atoms with E-state index in [9.17, 15) is 5.11 Å². The molecule has 21 heavy (non-hydrogen) atoms. The fraction of sp³-hybridized carbons (Fsp3) is 0.438. The van der Waals surface area contributed by atoms with Crippen molar-refractivity contribution in [1.82, 2.24) is 14.9 Å². The SMILES string of the molecule is COc1ccc(O)c(CNC2CCCC2n2ccnc2)c1. The van der Waals surface area contributed by atoms with E-state index in [2.05, 4.69) is 14.9 Å². The van der Waals surface area contributed by atoms with Gasteiger partial charge in [0.2, 0.25) is 0 Å². The second kappa shape index (κ2) is 6.18. The zero-order chi connectivity index (χ0) is 14.7. The molecule has 0 amide bonds.